The van der Waals surface area contributed by atoms with Crippen LogP contribution >= 0.6 is 0 Å². The lowest BCUT2D eigenvalue weighted by molar-refractivity contribution is 0.314. The van der Waals surface area contributed by atoms with Crippen molar-refractivity contribution >= 4 is 0 Å². The topological polar surface area (TPSA) is 12.0 Å². The van der Waals surface area contributed by atoms with Crippen LogP contribution in [0.25, 0.3) is 0 Å². The van der Waals surface area contributed by atoms with Crippen molar-refractivity contribution in [3.05, 3.63) is 12.3 Å². The Balaban J connectivity index is 4.19. The average molecular weight is 169 g/mol. The summed E-state index contributed by atoms with van der Waals surface area (Å²) in [4.78, 5) is 0. The molecule has 0 aliphatic carbocycles. The zero-order chi connectivity index (χ0) is 9.61. The van der Waals surface area contributed by atoms with E-state index < -0.39 is 0 Å². The number of allylic oxidation sites excluding steroid dienone is 1. The van der Waals surface area contributed by atoms with Gasteiger partial charge in [-0.15, -0.1) is 0 Å². The van der Waals surface area contributed by atoms with Crippen molar-refractivity contribution in [1.82, 2.24) is 5.32 Å². The standard InChI is InChI=1S/C11H23N/c1-6-10(5)12-11(7-2,8-3)9-4/h12H,5-9H2,1-4H3. The third kappa shape index (κ3) is 2.88. The lowest BCUT2D eigenvalue weighted by atomic mass is 9.89. The number of rotatable bonds is 6. The molecule has 12 heavy (non-hydrogen) atoms. The van der Waals surface area contributed by atoms with Crippen LogP contribution in [0.3, 0.4) is 0 Å². The van der Waals surface area contributed by atoms with Crippen molar-refractivity contribution in [3.63, 3.8) is 0 Å². The van der Waals surface area contributed by atoms with Gasteiger partial charge in [-0.1, -0.05) is 34.3 Å². The molecule has 0 amide bonds. The molecule has 0 aromatic heterocycles. The smallest absolute Gasteiger partial charge is 0.0362 e. The molecule has 0 fully saturated rings. The summed E-state index contributed by atoms with van der Waals surface area (Å²) in [6, 6.07) is 0. The minimum atomic E-state index is 0.299. The fraction of sp³-hybridized carbons (Fsp3) is 0.818. The first-order chi connectivity index (χ1) is 5.64. The number of hydrogen-bond acceptors (Lipinski definition) is 1. The predicted octanol–water partition coefficient (Wildman–Crippen LogP) is 3.47. The Morgan fingerprint density at radius 1 is 1.08 bits per heavy atom. The van der Waals surface area contributed by atoms with Crippen LogP contribution in [0.2, 0.25) is 0 Å². The zero-order valence-electron chi connectivity index (χ0n) is 9.04. The lowest BCUT2D eigenvalue weighted by Gasteiger charge is -2.33. The molecule has 0 aromatic rings. The monoisotopic (exact) mass is 169 g/mol. The number of nitrogens with one attached hydrogen (secondary N) is 1. The van der Waals surface area contributed by atoms with Crippen LogP contribution < -0.4 is 5.32 Å². The fourth-order valence-electron chi connectivity index (χ4n) is 1.48. The molecule has 1 heteroatoms. The van der Waals surface area contributed by atoms with E-state index in [1.165, 1.54) is 25.0 Å². The highest BCUT2D eigenvalue weighted by Gasteiger charge is 2.22. The van der Waals surface area contributed by atoms with Crippen molar-refractivity contribution in [1.29, 1.82) is 0 Å². The highest BCUT2D eigenvalue weighted by atomic mass is 15.0. The van der Waals surface area contributed by atoms with Gasteiger partial charge in [0, 0.05) is 11.2 Å². The Labute approximate surface area is 77.2 Å². The summed E-state index contributed by atoms with van der Waals surface area (Å²) in [6.07, 6.45) is 4.57. The molecule has 0 spiro atoms. The molecule has 0 saturated carbocycles. The van der Waals surface area contributed by atoms with Crippen molar-refractivity contribution in [2.45, 2.75) is 58.9 Å². The molecule has 0 saturated heterocycles. The molecular formula is C11H23N. The first-order valence-corrected chi connectivity index (χ1v) is 5.10. The summed E-state index contributed by atoms with van der Waals surface area (Å²) in [7, 11) is 0. The summed E-state index contributed by atoms with van der Waals surface area (Å²) in [5, 5.41) is 3.53. The molecule has 72 valence electrons. The summed E-state index contributed by atoms with van der Waals surface area (Å²) in [6.45, 7) is 12.8. The van der Waals surface area contributed by atoms with Crippen LogP contribution in [0.5, 0.6) is 0 Å². The van der Waals surface area contributed by atoms with E-state index in [4.69, 9.17) is 0 Å². The number of hydrogen-bond donors (Lipinski definition) is 1. The Kier molecular flexibility index (Phi) is 5.03. The minimum absolute atomic E-state index is 0.299. The van der Waals surface area contributed by atoms with Gasteiger partial charge in [-0.2, -0.15) is 0 Å². The van der Waals surface area contributed by atoms with Crippen LogP contribution in [0, 0.1) is 0 Å². The largest absolute Gasteiger partial charge is 0.383 e. The molecule has 0 atom stereocenters. The van der Waals surface area contributed by atoms with Gasteiger partial charge in [-0.25, -0.2) is 0 Å². The van der Waals surface area contributed by atoms with Crippen molar-refractivity contribution in [3.8, 4) is 0 Å². The highest BCUT2D eigenvalue weighted by molar-refractivity contribution is 4.98. The SMILES string of the molecule is C=C(CC)NC(CC)(CC)CC. The summed E-state index contributed by atoms with van der Waals surface area (Å²) in [5.41, 5.74) is 1.47. The van der Waals surface area contributed by atoms with Crippen molar-refractivity contribution in [2.75, 3.05) is 0 Å². The second kappa shape index (κ2) is 5.23. The van der Waals surface area contributed by atoms with Crippen LogP contribution in [-0.2, 0) is 0 Å². The molecule has 0 rings (SSSR count). The maximum Gasteiger partial charge on any atom is 0.0362 e. The molecule has 0 radical (unpaired) electrons. The first kappa shape index (κ1) is 11.5. The van der Waals surface area contributed by atoms with Gasteiger partial charge in [0.05, 0.1) is 0 Å². The van der Waals surface area contributed by atoms with E-state index in [0.717, 1.165) is 6.42 Å². The summed E-state index contributed by atoms with van der Waals surface area (Å²) >= 11 is 0. The summed E-state index contributed by atoms with van der Waals surface area (Å²) < 4.78 is 0. The van der Waals surface area contributed by atoms with E-state index in [1.54, 1.807) is 0 Å². The molecule has 0 aliphatic heterocycles. The first-order valence-electron chi connectivity index (χ1n) is 5.10. The van der Waals surface area contributed by atoms with Gasteiger partial charge in [0.1, 0.15) is 0 Å². The molecule has 1 N–H and O–H groups in total. The normalized spacial score (nSPS) is 11.3. The zero-order valence-corrected chi connectivity index (χ0v) is 9.04. The van der Waals surface area contributed by atoms with Gasteiger partial charge >= 0.3 is 0 Å². The van der Waals surface area contributed by atoms with Crippen LogP contribution in [0.4, 0.5) is 0 Å². The van der Waals surface area contributed by atoms with Crippen LogP contribution in [-0.4, -0.2) is 5.54 Å². The Morgan fingerprint density at radius 2 is 1.50 bits per heavy atom. The van der Waals surface area contributed by atoms with Gasteiger partial charge in [0.15, 0.2) is 0 Å². The Bertz CT molecular complexity index is 126. The van der Waals surface area contributed by atoms with Gasteiger partial charge in [0.25, 0.3) is 0 Å². The molecule has 0 aromatic carbocycles. The Morgan fingerprint density at radius 3 is 1.75 bits per heavy atom. The molecule has 0 bridgehead atoms. The van der Waals surface area contributed by atoms with Gasteiger partial charge < -0.3 is 5.32 Å². The lowest BCUT2D eigenvalue weighted by Crippen LogP contribution is -2.42. The predicted molar refractivity (Wildman–Crippen MR) is 56.2 cm³/mol. The quantitative estimate of drug-likeness (QED) is 0.642. The summed E-state index contributed by atoms with van der Waals surface area (Å²) in [5.74, 6) is 0. The van der Waals surface area contributed by atoms with Gasteiger partial charge in [0.2, 0.25) is 0 Å². The molecule has 0 heterocycles. The maximum atomic E-state index is 3.99. The van der Waals surface area contributed by atoms with Crippen LogP contribution in [0.1, 0.15) is 53.4 Å². The van der Waals surface area contributed by atoms with E-state index >= 15 is 0 Å². The maximum absolute atomic E-state index is 3.99. The third-order valence-electron chi connectivity index (χ3n) is 2.90. The van der Waals surface area contributed by atoms with E-state index in [-0.39, 0.29) is 0 Å². The second-order valence-electron chi connectivity index (χ2n) is 3.42. The fourth-order valence-corrected chi connectivity index (χ4v) is 1.48. The molecular weight excluding hydrogens is 146 g/mol. The van der Waals surface area contributed by atoms with E-state index in [0.29, 0.717) is 5.54 Å². The highest BCUT2D eigenvalue weighted by Crippen LogP contribution is 2.20. The van der Waals surface area contributed by atoms with E-state index in [1.807, 2.05) is 0 Å². The molecule has 1 nitrogen and oxygen atoms in total. The Hall–Kier alpha value is -0.460. The van der Waals surface area contributed by atoms with Crippen molar-refractivity contribution < 1.29 is 0 Å². The molecule has 0 unspecified atom stereocenters. The average Bonchev–Trinajstić information content (AvgIpc) is 2.14. The molecule has 0 aliphatic rings. The third-order valence-corrected chi connectivity index (χ3v) is 2.90. The van der Waals surface area contributed by atoms with E-state index in [2.05, 4.69) is 39.6 Å². The second-order valence-corrected chi connectivity index (χ2v) is 3.42. The van der Waals surface area contributed by atoms with Crippen LogP contribution in [0.15, 0.2) is 12.3 Å². The van der Waals surface area contributed by atoms with Gasteiger partial charge in [-0.05, 0) is 25.7 Å². The van der Waals surface area contributed by atoms with Gasteiger partial charge in [-0.3, -0.25) is 0 Å². The van der Waals surface area contributed by atoms with E-state index in [9.17, 15) is 0 Å². The van der Waals surface area contributed by atoms with Crippen molar-refractivity contribution in [2.24, 2.45) is 0 Å². The minimum Gasteiger partial charge on any atom is -0.383 e.